The van der Waals surface area contributed by atoms with Crippen molar-refractivity contribution < 1.29 is 38.4 Å². The number of phenolic OH excluding ortho intramolecular Hbond substituents is 3. The van der Waals surface area contributed by atoms with Crippen molar-refractivity contribution >= 4 is 5.97 Å². The predicted molar refractivity (Wildman–Crippen MR) is 52.5 cm³/mol. The number of halogens is 3. The summed E-state index contributed by atoms with van der Waals surface area (Å²) in [7, 11) is 0. The Kier molecular flexibility index (Phi) is 3.59. The predicted octanol–water partition coefficient (Wildman–Crippen LogP) is 1.92. The zero-order chi connectivity index (χ0) is 14.1. The monoisotopic (exact) mass is 266 g/mol. The number of aromatic hydroxyl groups is 3. The molecule has 0 aromatic heterocycles. The minimum atomic E-state index is -4.90. The highest BCUT2D eigenvalue weighted by Gasteiger charge is 2.43. The highest BCUT2D eigenvalue weighted by atomic mass is 19.4. The van der Waals surface area contributed by atoms with Gasteiger partial charge in [0.15, 0.2) is 11.5 Å². The number of benzene rings is 1. The molecular formula is C10H9F3O5. The van der Waals surface area contributed by atoms with Crippen LogP contribution in [-0.2, 0) is 4.79 Å². The lowest BCUT2D eigenvalue weighted by Gasteiger charge is -2.20. The Balaban J connectivity index is 3.30. The van der Waals surface area contributed by atoms with Crippen molar-refractivity contribution in [3.05, 3.63) is 17.7 Å². The van der Waals surface area contributed by atoms with Crippen molar-refractivity contribution in [2.75, 3.05) is 0 Å². The van der Waals surface area contributed by atoms with E-state index in [2.05, 4.69) is 0 Å². The van der Waals surface area contributed by atoms with Crippen molar-refractivity contribution in [2.24, 2.45) is 0 Å². The lowest BCUT2D eigenvalue weighted by Crippen LogP contribution is -2.23. The Labute approximate surface area is 98.7 Å². The van der Waals surface area contributed by atoms with Gasteiger partial charge in [-0.3, -0.25) is 4.79 Å². The second-order valence-corrected chi connectivity index (χ2v) is 3.56. The maximum atomic E-state index is 12.7. The van der Waals surface area contributed by atoms with Gasteiger partial charge in [-0.15, -0.1) is 0 Å². The molecule has 0 radical (unpaired) electrons. The van der Waals surface area contributed by atoms with Gasteiger partial charge in [0, 0.05) is 5.56 Å². The highest BCUT2D eigenvalue weighted by Crippen LogP contribution is 2.46. The van der Waals surface area contributed by atoms with E-state index in [1.165, 1.54) is 0 Å². The van der Waals surface area contributed by atoms with Gasteiger partial charge in [-0.1, -0.05) is 6.07 Å². The molecule has 5 nitrogen and oxygen atoms in total. The van der Waals surface area contributed by atoms with Crippen molar-refractivity contribution in [1.29, 1.82) is 0 Å². The van der Waals surface area contributed by atoms with Crippen LogP contribution in [0.1, 0.15) is 17.9 Å². The first kappa shape index (κ1) is 13.9. The van der Waals surface area contributed by atoms with E-state index in [1.54, 1.807) is 0 Å². The first-order valence-electron chi connectivity index (χ1n) is 4.67. The van der Waals surface area contributed by atoms with E-state index >= 15 is 0 Å². The van der Waals surface area contributed by atoms with E-state index in [0.29, 0.717) is 6.07 Å². The molecule has 4 N–H and O–H groups in total. The van der Waals surface area contributed by atoms with Gasteiger partial charge in [0.25, 0.3) is 0 Å². The molecule has 0 aliphatic heterocycles. The van der Waals surface area contributed by atoms with Crippen LogP contribution in [-0.4, -0.2) is 32.6 Å². The standard InChI is InChI=1S/C10H9F3O5/c11-10(12,13)5(3-7(15)16)4-1-2-6(14)9(18)8(4)17/h1-2,5,14,17-18H,3H2,(H,15,16). The normalized spacial score (nSPS) is 13.3. The molecule has 0 bridgehead atoms. The third-order valence-corrected chi connectivity index (χ3v) is 2.31. The molecule has 1 atom stereocenters. The fraction of sp³-hybridized carbons (Fsp3) is 0.300. The molecule has 1 aromatic carbocycles. The Morgan fingerprint density at radius 3 is 2.17 bits per heavy atom. The summed E-state index contributed by atoms with van der Waals surface area (Å²) in [4.78, 5) is 10.4. The van der Waals surface area contributed by atoms with E-state index < -0.39 is 47.3 Å². The van der Waals surface area contributed by atoms with Crippen LogP contribution in [0, 0.1) is 0 Å². The van der Waals surface area contributed by atoms with Gasteiger partial charge in [0.2, 0.25) is 5.75 Å². The third kappa shape index (κ3) is 2.76. The Morgan fingerprint density at radius 1 is 1.17 bits per heavy atom. The summed E-state index contributed by atoms with van der Waals surface area (Å²) in [5.74, 6) is -7.27. The summed E-state index contributed by atoms with van der Waals surface area (Å²) in [6, 6.07) is 1.45. The number of aliphatic carboxylic acids is 1. The van der Waals surface area contributed by atoms with E-state index in [9.17, 15) is 23.1 Å². The van der Waals surface area contributed by atoms with Gasteiger partial charge in [0.1, 0.15) is 0 Å². The lowest BCUT2D eigenvalue weighted by molar-refractivity contribution is -0.163. The van der Waals surface area contributed by atoms with Crippen LogP contribution in [0.4, 0.5) is 13.2 Å². The van der Waals surface area contributed by atoms with Gasteiger partial charge in [-0.25, -0.2) is 0 Å². The van der Waals surface area contributed by atoms with Crippen molar-refractivity contribution in [2.45, 2.75) is 18.5 Å². The molecular weight excluding hydrogens is 257 g/mol. The van der Waals surface area contributed by atoms with Crippen LogP contribution in [0.2, 0.25) is 0 Å². The number of hydrogen-bond donors (Lipinski definition) is 4. The number of phenols is 3. The summed E-state index contributed by atoms with van der Waals surface area (Å²) in [5.41, 5.74) is -0.805. The Hall–Kier alpha value is -2.12. The molecule has 0 saturated carbocycles. The van der Waals surface area contributed by atoms with E-state index in [0.717, 1.165) is 6.07 Å². The minimum absolute atomic E-state index is 0.714. The maximum absolute atomic E-state index is 12.7. The van der Waals surface area contributed by atoms with Gasteiger partial charge in [0.05, 0.1) is 12.3 Å². The minimum Gasteiger partial charge on any atom is -0.504 e. The van der Waals surface area contributed by atoms with E-state index in [-0.39, 0.29) is 0 Å². The molecule has 0 amide bonds. The number of rotatable bonds is 3. The summed E-state index contributed by atoms with van der Waals surface area (Å²) in [6.45, 7) is 0. The maximum Gasteiger partial charge on any atom is 0.396 e. The number of carboxylic acids is 1. The van der Waals surface area contributed by atoms with Crippen LogP contribution in [0.3, 0.4) is 0 Å². The smallest absolute Gasteiger partial charge is 0.396 e. The number of hydrogen-bond acceptors (Lipinski definition) is 4. The van der Waals surface area contributed by atoms with Crippen LogP contribution < -0.4 is 0 Å². The molecule has 0 saturated heterocycles. The van der Waals surface area contributed by atoms with Crippen LogP contribution >= 0.6 is 0 Å². The highest BCUT2D eigenvalue weighted by molar-refractivity contribution is 5.69. The molecule has 1 aromatic rings. The fourth-order valence-corrected chi connectivity index (χ4v) is 1.44. The first-order chi connectivity index (χ1) is 8.14. The fourth-order valence-electron chi connectivity index (χ4n) is 1.44. The van der Waals surface area contributed by atoms with Gasteiger partial charge in [-0.2, -0.15) is 13.2 Å². The zero-order valence-electron chi connectivity index (χ0n) is 8.77. The summed E-state index contributed by atoms with van der Waals surface area (Å²) in [5, 5.41) is 35.9. The van der Waals surface area contributed by atoms with Crippen molar-refractivity contribution in [3.8, 4) is 17.2 Å². The number of alkyl halides is 3. The van der Waals surface area contributed by atoms with Crippen molar-refractivity contribution in [1.82, 2.24) is 0 Å². The van der Waals surface area contributed by atoms with Crippen LogP contribution in [0.5, 0.6) is 17.2 Å². The van der Waals surface area contributed by atoms with E-state index in [1.807, 2.05) is 0 Å². The van der Waals surface area contributed by atoms with Gasteiger partial charge in [-0.05, 0) is 6.07 Å². The molecule has 8 heteroatoms. The molecule has 0 heterocycles. The third-order valence-electron chi connectivity index (χ3n) is 2.31. The molecule has 0 fully saturated rings. The summed E-state index contributed by atoms with van der Waals surface area (Å²) < 4.78 is 38.0. The average Bonchev–Trinajstić information content (AvgIpc) is 2.22. The van der Waals surface area contributed by atoms with Gasteiger partial charge >= 0.3 is 12.1 Å². The largest absolute Gasteiger partial charge is 0.504 e. The summed E-state index contributed by atoms with van der Waals surface area (Å²) >= 11 is 0. The summed E-state index contributed by atoms with van der Waals surface area (Å²) in [6.07, 6.45) is -6.19. The molecule has 1 rings (SSSR count). The molecule has 18 heavy (non-hydrogen) atoms. The molecule has 0 aliphatic carbocycles. The number of carboxylic acid groups (broad SMARTS) is 1. The second-order valence-electron chi connectivity index (χ2n) is 3.56. The van der Waals surface area contributed by atoms with E-state index in [4.69, 9.17) is 15.3 Å². The first-order valence-corrected chi connectivity index (χ1v) is 4.67. The zero-order valence-corrected chi connectivity index (χ0v) is 8.77. The Bertz CT molecular complexity index is 469. The van der Waals surface area contributed by atoms with Crippen LogP contribution in [0.15, 0.2) is 12.1 Å². The molecule has 0 spiro atoms. The number of carbonyl (C=O) groups is 1. The average molecular weight is 266 g/mol. The SMILES string of the molecule is O=C(O)CC(c1ccc(O)c(O)c1O)C(F)(F)F. The van der Waals surface area contributed by atoms with Crippen molar-refractivity contribution in [3.63, 3.8) is 0 Å². The van der Waals surface area contributed by atoms with Crippen LogP contribution in [0.25, 0.3) is 0 Å². The lowest BCUT2D eigenvalue weighted by atomic mass is 9.93. The Morgan fingerprint density at radius 2 is 1.72 bits per heavy atom. The van der Waals surface area contributed by atoms with Gasteiger partial charge < -0.3 is 20.4 Å². The molecule has 1 unspecified atom stereocenters. The molecule has 0 aliphatic rings. The molecule has 100 valence electrons. The quantitative estimate of drug-likeness (QED) is 0.626. The topological polar surface area (TPSA) is 98.0 Å². The second kappa shape index (κ2) is 4.63.